The fraction of sp³-hybridized carbons (Fsp3) is 0.235. The third-order valence-corrected chi connectivity index (χ3v) is 5.02. The van der Waals surface area contributed by atoms with Gasteiger partial charge in [0, 0.05) is 38.6 Å². The highest BCUT2D eigenvalue weighted by Gasteiger charge is 2.18. The molecule has 0 aliphatic carbocycles. The first-order valence-electron chi connectivity index (χ1n) is 7.67. The predicted octanol–water partition coefficient (Wildman–Crippen LogP) is 3.14. The lowest BCUT2D eigenvalue weighted by atomic mass is 10.3. The van der Waals surface area contributed by atoms with Crippen LogP contribution in [-0.4, -0.2) is 35.1 Å². The summed E-state index contributed by atoms with van der Waals surface area (Å²) in [6, 6.07) is 10.8. The van der Waals surface area contributed by atoms with Crippen LogP contribution in [0.2, 0.25) is 0 Å². The molecule has 1 aromatic carbocycles. The van der Waals surface area contributed by atoms with E-state index in [1.807, 2.05) is 28.4 Å². The Morgan fingerprint density at radius 2 is 1.91 bits per heavy atom. The van der Waals surface area contributed by atoms with Crippen molar-refractivity contribution in [1.82, 2.24) is 14.3 Å². The van der Waals surface area contributed by atoms with Crippen molar-refractivity contribution in [3.05, 3.63) is 54.6 Å². The molecule has 0 unspecified atom stereocenters. The van der Waals surface area contributed by atoms with Gasteiger partial charge in [-0.3, -0.25) is 8.96 Å². The molecule has 2 aromatic heterocycles. The second-order valence-electron chi connectivity index (χ2n) is 5.47. The Morgan fingerprint density at radius 1 is 1.09 bits per heavy atom. The standard InChI is InChI=1S/C17H17FN4S/c18-13-4-1-2-6-16(13)23-22-12-15(21-10-8-19-9-11-21)17-14(22)5-3-7-20-17/h1-7,12,19H,8-11H2. The highest BCUT2D eigenvalue weighted by atomic mass is 32.2. The quantitative estimate of drug-likeness (QED) is 0.801. The van der Waals surface area contributed by atoms with Crippen molar-refractivity contribution in [2.75, 3.05) is 31.1 Å². The summed E-state index contributed by atoms with van der Waals surface area (Å²) in [5.41, 5.74) is 3.10. The van der Waals surface area contributed by atoms with E-state index in [1.54, 1.807) is 12.1 Å². The van der Waals surface area contributed by atoms with Crippen LogP contribution in [0, 0.1) is 5.82 Å². The lowest BCUT2D eigenvalue weighted by Gasteiger charge is -2.28. The Morgan fingerprint density at radius 3 is 2.74 bits per heavy atom. The molecule has 23 heavy (non-hydrogen) atoms. The Kier molecular flexibility index (Phi) is 3.93. The summed E-state index contributed by atoms with van der Waals surface area (Å²) < 4.78 is 16.0. The molecule has 0 atom stereocenters. The molecule has 3 aromatic rings. The number of hydrogen-bond acceptors (Lipinski definition) is 4. The van der Waals surface area contributed by atoms with Crippen molar-refractivity contribution in [1.29, 1.82) is 0 Å². The number of fused-ring (bicyclic) bond motifs is 1. The van der Waals surface area contributed by atoms with Gasteiger partial charge in [0.15, 0.2) is 0 Å². The number of halogens is 1. The monoisotopic (exact) mass is 328 g/mol. The van der Waals surface area contributed by atoms with Crippen LogP contribution in [0.15, 0.2) is 53.7 Å². The third kappa shape index (κ3) is 2.80. The van der Waals surface area contributed by atoms with Gasteiger partial charge in [-0.05, 0) is 36.2 Å². The summed E-state index contributed by atoms with van der Waals surface area (Å²) in [5, 5.41) is 3.36. The molecule has 6 heteroatoms. The molecule has 1 aliphatic rings. The largest absolute Gasteiger partial charge is 0.366 e. The van der Waals surface area contributed by atoms with Gasteiger partial charge in [-0.2, -0.15) is 0 Å². The van der Waals surface area contributed by atoms with Gasteiger partial charge in [0.05, 0.1) is 16.1 Å². The van der Waals surface area contributed by atoms with Crippen LogP contribution >= 0.6 is 11.9 Å². The number of nitrogens with one attached hydrogen (secondary N) is 1. The van der Waals surface area contributed by atoms with Gasteiger partial charge in [-0.25, -0.2) is 4.39 Å². The van der Waals surface area contributed by atoms with Crippen molar-refractivity contribution in [2.45, 2.75) is 4.90 Å². The fourth-order valence-corrected chi connectivity index (χ4v) is 3.76. The zero-order valence-electron chi connectivity index (χ0n) is 12.6. The summed E-state index contributed by atoms with van der Waals surface area (Å²) in [5.74, 6) is -0.202. The molecule has 3 heterocycles. The van der Waals surface area contributed by atoms with Crippen molar-refractivity contribution in [2.24, 2.45) is 0 Å². The number of anilines is 1. The average molecular weight is 328 g/mol. The Bertz CT molecular complexity index is 826. The van der Waals surface area contributed by atoms with Crippen LogP contribution < -0.4 is 10.2 Å². The van der Waals surface area contributed by atoms with Gasteiger partial charge in [-0.15, -0.1) is 0 Å². The maximum Gasteiger partial charge on any atom is 0.138 e. The van der Waals surface area contributed by atoms with Crippen LogP contribution in [0.5, 0.6) is 0 Å². The van der Waals surface area contributed by atoms with E-state index in [4.69, 9.17) is 0 Å². The smallest absolute Gasteiger partial charge is 0.138 e. The number of benzene rings is 1. The first kappa shape index (κ1) is 14.5. The number of piperazine rings is 1. The molecule has 118 valence electrons. The lowest BCUT2D eigenvalue weighted by Crippen LogP contribution is -2.43. The SMILES string of the molecule is Fc1ccccc1Sn1cc(N2CCNCC2)c2ncccc21. The predicted molar refractivity (Wildman–Crippen MR) is 92.5 cm³/mol. The molecule has 0 saturated carbocycles. The Balaban J connectivity index is 1.76. The molecule has 4 rings (SSSR count). The second kappa shape index (κ2) is 6.22. The number of nitrogens with zero attached hydrogens (tertiary/aromatic N) is 3. The zero-order chi connectivity index (χ0) is 15.6. The molecule has 0 amide bonds. The lowest BCUT2D eigenvalue weighted by molar-refractivity contribution is 0.590. The molecule has 4 nitrogen and oxygen atoms in total. The topological polar surface area (TPSA) is 33.1 Å². The van der Waals surface area contributed by atoms with E-state index in [1.165, 1.54) is 18.0 Å². The summed E-state index contributed by atoms with van der Waals surface area (Å²) >= 11 is 1.39. The van der Waals surface area contributed by atoms with Gasteiger partial charge in [0.1, 0.15) is 11.3 Å². The van der Waals surface area contributed by atoms with Crippen LogP contribution in [0.25, 0.3) is 11.0 Å². The summed E-state index contributed by atoms with van der Waals surface area (Å²) in [7, 11) is 0. The second-order valence-corrected chi connectivity index (χ2v) is 6.49. The van der Waals surface area contributed by atoms with Crippen LogP contribution in [0.1, 0.15) is 0 Å². The van der Waals surface area contributed by atoms with E-state index < -0.39 is 0 Å². The van der Waals surface area contributed by atoms with E-state index in [2.05, 4.69) is 21.4 Å². The van der Waals surface area contributed by atoms with Crippen LogP contribution in [0.4, 0.5) is 10.1 Å². The Hall–Kier alpha value is -2.05. The minimum absolute atomic E-state index is 0.202. The van der Waals surface area contributed by atoms with Crippen LogP contribution in [-0.2, 0) is 0 Å². The molecule has 1 N–H and O–H groups in total. The van der Waals surface area contributed by atoms with Crippen molar-refractivity contribution in [3.63, 3.8) is 0 Å². The fourth-order valence-electron chi connectivity index (χ4n) is 2.85. The first-order chi connectivity index (χ1) is 11.3. The molecule has 0 radical (unpaired) electrons. The van der Waals surface area contributed by atoms with E-state index in [-0.39, 0.29) is 5.82 Å². The highest BCUT2D eigenvalue weighted by Crippen LogP contribution is 2.34. The number of rotatable bonds is 3. The van der Waals surface area contributed by atoms with Gasteiger partial charge in [-0.1, -0.05) is 12.1 Å². The Labute approximate surface area is 138 Å². The highest BCUT2D eigenvalue weighted by molar-refractivity contribution is 7.98. The van der Waals surface area contributed by atoms with Crippen molar-refractivity contribution >= 4 is 28.7 Å². The van der Waals surface area contributed by atoms with E-state index in [0.29, 0.717) is 4.90 Å². The molecule has 0 bridgehead atoms. The average Bonchev–Trinajstić information content (AvgIpc) is 2.97. The maximum absolute atomic E-state index is 14.0. The number of aromatic nitrogens is 2. The first-order valence-corrected chi connectivity index (χ1v) is 8.45. The van der Waals surface area contributed by atoms with Gasteiger partial charge in [0.25, 0.3) is 0 Å². The molecule has 1 fully saturated rings. The molecule has 0 spiro atoms. The number of hydrogen-bond donors (Lipinski definition) is 1. The normalized spacial score (nSPS) is 15.3. The summed E-state index contributed by atoms with van der Waals surface area (Å²) in [6.07, 6.45) is 3.88. The van der Waals surface area contributed by atoms with Gasteiger partial charge >= 0.3 is 0 Å². The summed E-state index contributed by atoms with van der Waals surface area (Å²) in [6.45, 7) is 3.86. The van der Waals surface area contributed by atoms with Crippen molar-refractivity contribution in [3.8, 4) is 0 Å². The molecular formula is C17H17FN4S. The molecule has 1 aliphatic heterocycles. The minimum Gasteiger partial charge on any atom is -0.366 e. The van der Waals surface area contributed by atoms with Gasteiger partial charge in [0.2, 0.25) is 0 Å². The van der Waals surface area contributed by atoms with E-state index in [0.717, 1.165) is 42.9 Å². The van der Waals surface area contributed by atoms with E-state index >= 15 is 0 Å². The van der Waals surface area contributed by atoms with Crippen LogP contribution in [0.3, 0.4) is 0 Å². The maximum atomic E-state index is 14.0. The zero-order valence-corrected chi connectivity index (χ0v) is 13.4. The van der Waals surface area contributed by atoms with Crippen molar-refractivity contribution < 1.29 is 4.39 Å². The summed E-state index contributed by atoms with van der Waals surface area (Å²) in [4.78, 5) is 7.50. The molecular weight excluding hydrogens is 311 g/mol. The minimum atomic E-state index is -0.202. The van der Waals surface area contributed by atoms with E-state index in [9.17, 15) is 4.39 Å². The number of pyridine rings is 1. The third-order valence-electron chi connectivity index (χ3n) is 4.00. The van der Waals surface area contributed by atoms with Gasteiger partial charge < -0.3 is 10.2 Å². The molecule has 1 saturated heterocycles.